The largest absolute Gasteiger partial charge is 0.357 e. The molecule has 0 aliphatic rings. The summed E-state index contributed by atoms with van der Waals surface area (Å²) < 4.78 is 0. The van der Waals surface area contributed by atoms with Crippen LogP contribution in [-0.2, 0) is 6.54 Å². The normalized spacial score (nSPS) is 11.0. The van der Waals surface area contributed by atoms with Crippen LogP contribution in [-0.4, -0.2) is 10.8 Å². The Morgan fingerprint density at radius 1 is 1.00 bits per heavy atom. The van der Waals surface area contributed by atoms with Gasteiger partial charge in [-0.1, -0.05) is 74.0 Å². The topological polar surface area (TPSA) is 36.4 Å². The predicted molar refractivity (Wildman–Crippen MR) is 96.9 cm³/mol. The van der Waals surface area contributed by atoms with E-state index in [0.717, 1.165) is 24.1 Å². The van der Waals surface area contributed by atoms with Crippen LogP contribution in [0.15, 0.2) is 65.8 Å². The van der Waals surface area contributed by atoms with Gasteiger partial charge in [-0.05, 0) is 29.8 Å². The maximum absolute atomic E-state index is 5.28. The van der Waals surface area contributed by atoms with Crippen molar-refractivity contribution in [3.8, 4) is 0 Å². The van der Waals surface area contributed by atoms with Gasteiger partial charge in [0.1, 0.15) is 0 Å². The number of benzene rings is 2. The van der Waals surface area contributed by atoms with Crippen molar-refractivity contribution in [2.45, 2.75) is 26.3 Å². The Morgan fingerprint density at radius 2 is 1.64 bits per heavy atom. The summed E-state index contributed by atoms with van der Waals surface area (Å²) >= 11 is 5.28. The van der Waals surface area contributed by atoms with Crippen LogP contribution in [0.25, 0.3) is 0 Å². The summed E-state index contributed by atoms with van der Waals surface area (Å²) in [5.74, 6) is 0. The van der Waals surface area contributed by atoms with E-state index in [1.54, 1.807) is 0 Å². The molecule has 114 valence electrons. The average Bonchev–Trinajstić information content (AvgIpc) is 2.58. The highest BCUT2D eigenvalue weighted by Gasteiger charge is 2.02. The molecule has 2 aromatic carbocycles. The molecule has 0 spiro atoms. The van der Waals surface area contributed by atoms with Crippen molar-refractivity contribution in [3.05, 3.63) is 71.8 Å². The summed E-state index contributed by atoms with van der Waals surface area (Å²) in [6.45, 7) is 2.83. The van der Waals surface area contributed by atoms with E-state index in [4.69, 9.17) is 12.2 Å². The third-order valence-corrected chi connectivity index (χ3v) is 3.42. The van der Waals surface area contributed by atoms with E-state index in [-0.39, 0.29) is 0 Å². The lowest BCUT2D eigenvalue weighted by Crippen LogP contribution is -2.32. The zero-order chi connectivity index (χ0) is 15.6. The molecule has 0 unspecified atom stereocenters. The minimum Gasteiger partial charge on any atom is -0.357 e. The summed E-state index contributed by atoms with van der Waals surface area (Å²) in [5, 5.41) is 8.16. The Bertz CT molecular complexity index is 609. The SMILES string of the molecule is CCC/C(=N/NC(=S)NCc1ccccc1)c1ccccc1. The molecule has 2 aromatic rings. The molecule has 0 amide bonds. The molecule has 0 atom stereocenters. The maximum atomic E-state index is 5.28. The second-order valence-corrected chi connectivity index (χ2v) is 5.36. The van der Waals surface area contributed by atoms with Crippen molar-refractivity contribution < 1.29 is 0 Å². The standard InChI is InChI=1S/C18H21N3S/c1-2-9-17(16-12-7-4-8-13-16)20-21-18(22)19-14-15-10-5-3-6-11-15/h3-8,10-13H,2,9,14H2,1H3,(H2,19,21,22)/b20-17-. The number of hydrazone groups is 1. The molecule has 0 radical (unpaired) electrons. The molecule has 0 bridgehead atoms. The van der Waals surface area contributed by atoms with E-state index in [9.17, 15) is 0 Å². The van der Waals surface area contributed by atoms with Gasteiger partial charge < -0.3 is 5.32 Å². The van der Waals surface area contributed by atoms with Crippen molar-refractivity contribution in [3.63, 3.8) is 0 Å². The Balaban J connectivity index is 1.91. The number of hydrogen-bond donors (Lipinski definition) is 2. The highest BCUT2D eigenvalue weighted by atomic mass is 32.1. The number of thiocarbonyl (C=S) groups is 1. The Morgan fingerprint density at radius 3 is 2.27 bits per heavy atom. The van der Waals surface area contributed by atoms with Gasteiger partial charge in [0.15, 0.2) is 5.11 Å². The van der Waals surface area contributed by atoms with E-state index in [2.05, 4.69) is 47.0 Å². The van der Waals surface area contributed by atoms with Crippen LogP contribution >= 0.6 is 12.2 Å². The summed E-state index contributed by atoms with van der Waals surface area (Å²) in [7, 11) is 0. The minimum absolute atomic E-state index is 0.536. The fourth-order valence-electron chi connectivity index (χ4n) is 2.07. The van der Waals surface area contributed by atoms with Gasteiger partial charge in [-0.25, -0.2) is 0 Å². The molecule has 3 nitrogen and oxygen atoms in total. The molecule has 0 aliphatic heterocycles. The van der Waals surface area contributed by atoms with Crippen LogP contribution in [0.5, 0.6) is 0 Å². The molecular formula is C18H21N3S. The lowest BCUT2D eigenvalue weighted by Gasteiger charge is -2.09. The zero-order valence-electron chi connectivity index (χ0n) is 12.8. The average molecular weight is 311 g/mol. The second kappa shape index (κ2) is 8.95. The van der Waals surface area contributed by atoms with Gasteiger partial charge in [0.25, 0.3) is 0 Å². The summed E-state index contributed by atoms with van der Waals surface area (Å²) in [6, 6.07) is 20.3. The van der Waals surface area contributed by atoms with E-state index < -0.39 is 0 Å². The zero-order valence-corrected chi connectivity index (χ0v) is 13.6. The molecule has 0 fully saturated rings. The van der Waals surface area contributed by atoms with Crippen molar-refractivity contribution in [1.82, 2.24) is 10.7 Å². The van der Waals surface area contributed by atoms with Crippen molar-refractivity contribution in [1.29, 1.82) is 0 Å². The molecule has 2 N–H and O–H groups in total. The first kappa shape index (κ1) is 16.2. The quantitative estimate of drug-likeness (QED) is 0.483. The van der Waals surface area contributed by atoms with Gasteiger partial charge in [0, 0.05) is 6.54 Å². The smallest absolute Gasteiger partial charge is 0.187 e. The molecule has 0 aromatic heterocycles. The van der Waals surface area contributed by atoms with Crippen LogP contribution in [0.2, 0.25) is 0 Å². The van der Waals surface area contributed by atoms with Crippen LogP contribution in [0, 0.1) is 0 Å². The molecule has 4 heteroatoms. The number of rotatable bonds is 6. The molecule has 0 heterocycles. The van der Waals surface area contributed by atoms with Gasteiger partial charge in [-0.3, -0.25) is 5.43 Å². The lowest BCUT2D eigenvalue weighted by molar-refractivity contribution is 0.860. The Hall–Kier alpha value is -2.20. The summed E-state index contributed by atoms with van der Waals surface area (Å²) in [6.07, 6.45) is 1.96. The van der Waals surface area contributed by atoms with Gasteiger partial charge >= 0.3 is 0 Å². The number of nitrogens with one attached hydrogen (secondary N) is 2. The van der Waals surface area contributed by atoms with Crippen molar-refractivity contribution in [2.24, 2.45) is 5.10 Å². The molecule has 22 heavy (non-hydrogen) atoms. The van der Waals surface area contributed by atoms with Gasteiger partial charge in [0.05, 0.1) is 5.71 Å². The van der Waals surface area contributed by atoms with E-state index >= 15 is 0 Å². The van der Waals surface area contributed by atoms with Crippen LogP contribution in [0.1, 0.15) is 30.9 Å². The molecule has 0 saturated carbocycles. The Kier molecular flexibility index (Phi) is 6.58. The Labute approximate surface area is 137 Å². The minimum atomic E-state index is 0.536. The first-order valence-electron chi connectivity index (χ1n) is 7.49. The second-order valence-electron chi connectivity index (χ2n) is 4.95. The van der Waals surface area contributed by atoms with Gasteiger partial charge in [-0.2, -0.15) is 5.10 Å². The molecular weight excluding hydrogens is 290 g/mol. The fraction of sp³-hybridized carbons (Fsp3) is 0.222. The van der Waals surface area contributed by atoms with Crippen LogP contribution < -0.4 is 10.7 Å². The third-order valence-electron chi connectivity index (χ3n) is 3.18. The summed E-state index contributed by atoms with van der Waals surface area (Å²) in [5.41, 5.74) is 6.28. The van der Waals surface area contributed by atoms with Crippen molar-refractivity contribution >= 4 is 23.0 Å². The van der Waals surface area contributed by atoms with Crippen molar-refractivity contribution in [2.75, 3.05) is 0 Å². The predicted octanol–water partition coefficient (Wildman–Crippen LogP) is 3.86. The maximum Gasteiger partial charge on any atom is 0.187 e. The van der Waals surface area contributed by atoms with Gasteiger partial charge in [-0.15, -0.1) is 0 Å². The molecule has 2 rings (SSSR count). The number of hydrogen-bond acceptors (Lipinski definition) is 2. The van der Waals surface area contributed by atoms with E-state index in [1.165, 1.54) is 5.56 Å². The summed E-state index contributed by atoms with van der Waals surface area (Å²) in [4.78, 5) is 0. The first-order chi connectivity index (χ1) is 10.8. The highest BCUT2D eigenvalue weighted by Crippen LogP contribution is 2.06. The van der Waals surface area contributed by atoms with Gasteiger partial charge in [0.2, 0.25) is 0 Å². The van der Waals surface area contributed by atoms with E-state index in [1.807, 2.05) is 36.4 Å². The van der Waals surface area contributed by atoms with Crippen LogP contribution in [0.4, 0.5) is 0 Å². The molecule has 0 saturated heterocycles. The molecule has 0 aliphatic carbocycles. The lowest BCUT2D eigenvalue weighted by atomic mass is 10.1. The first-order valence-corrected chi connectivity index (χ1v) is 7.90. The fourth-order valence-corrected chi connectivity index (χ4v) is 2.19. The van der Waals surface area contributed by atoms with E-state index in [0.29, 0.717) is 11.7 Å². The third kappa shape index (κ3) is 5.30. The highest BCUT2D eigenvalue weighted by molar-refractivity contribution is 7.80. The van der Waals surface area contributed by atoms with Crippen LogP contribution in [0.3, 0.4) is 0 Å². The number of nitrogens with zero attached hydrogens (tertiary/aromatic N) is 1. The monoisotopic (exact) mass is 311 g/mol.